The van der Waals surface area contributed by atoms with Gasteiger partial charge in [0.15, 0.2) is 8.07 Å². The van der Waals surface area contributed by atoms with Gasteiger partial charge < -0.3 is 9.47 Å². The van der Waals surface area contributed by atoms with Crippen molar-refractivity contribution in [2.75, 3.05) is 4.90 Å². The molecule has 1 aromatic heterocycles. The summed E-state index contributed by atoms with van der Waals surface area (Å²) in [6.07, 6.45) is 0. The van der Waals surface area contributed by atoms with Gasteiger partial charge in [0.1, 0.15) is 0 Å². The summed E-state index contributed by atoms with van der Waals surface area (Å²) in [6.45, 7) is 0. The van der Waals surface area contributed by atoms with Gasteiger partial charge >= 0.3 is 0 Å². The predicted octanol–water partition coefficient (Wildman–Crippen LogP) is 15.3. The molecule has 0 saturated heterocycles. The van der Waals surface area contributed by atoms with Crippen molar-refractivity contribution in [3.05, 3.63) is 291 Å². The van der Waals surface area contributed by atoms with Crippen LogP contribution in [0.15, 0.2) is 291 Å². The molecule has 2 nitrogen and oxygen atoms in total. The van der Waals surface area contributed by atoms with Gasteiger partial charge in [-0.1, -0.05) is 237 Å². The van der Waals surface area contributed by atoms with Crippen molar-refractivity contribution in [2.24, 2.45) is 0 Å². The molecule has 71 heavy (non-hydrogen) atoms. The molecule has 0 aliphatic heterocycles. The molecule has 0 spiro atoms. The Hall–Kier alpha value is -9.02. The van der Waals surface area contributed by atoms with E-state index in [1.165, 1.54) is 86.4 Å². The van der Waals surface area contributed by atoms with Crippen LogP contribution in [0.5, 0.6) is 0 Å². The Kier molecular flexibility index (Phi) is 10.6. The second kappa shape index (κ2) is 17.8. The lowest BCUT2D eigenvalue weighted by molar-refractivity contribution is 1.18. The van der Waals surface area contributed by atoms with Gasteiger partial charge in [-0.2, -0.15) is 0 Å². The van der Waals surface area contributed by atoms with Gasteiger partial charge in [0.25, 0.3) is 0 Å². The van der Waals surface area contributed by atoms with Crippen molar-refractivity contribution in [1.82, 2.24) is 4.57 Å². The Labute approximate surface area is 415 Å². The number of rotatable bonds is 10. The predicted molar refractivity (Wildman–Crippen MR) is 305 cm³/mol. The zero-order valence-electron chi connectivity index (χ0n) is 39.1. The summed E-state index contributed by atoms with van der Waals surface area (Å²) in [7, 11) is -2.84. The van der Waals surface area contributed by atoms with E-state index in [0.29, 0.717) is 0 Å². The Bertz CT molecular complexity index is 3920. The Morgan fingerprint density at radius 1 is 0.296 bits per heavy atom. The van der Waals surface area contributed by atoms with Crippen molar-refractivity contribution in [3.8, 4) is 27.9 Å². The lowest BCUT2D eigenvalue weighted by atomic mass is 9.96. The van der Waals surface area contributed by atoms with Crippen molar-refractivity contribution in [3.63, 3.8) is 0 Å². The first-order valence-electron chi connectivity index (χ1n) is 24.5. The minimum absolute atomic E-state index is 1.09. The van der Waals surface area contributed by atoms with Crippen LogP contribution in [0, 0.1) is 0 Å². The molecule has 12 aromatic carbocycles. The van der Waals surface area contributed by atoms with Crippen LogP contribution in [0.2, 0.25) is 0 Å². The van der Waals surface area contributed by atoms with Crippen LogP contribution in [0.25, 0.3) is 71.3 Å². The zero-order chi connectivity index (χ0) is 47.1. The number of fused-ring (bicyclic) bond motifs is 6. The third kappa shape index (κ3) is 7.17. The molecule has 334 valence electrons. The van der Waals surface area contributed by atoms with Gasteiger partial charge in [-0.15, -0.1) is 0 Å². The molecule has 0 aliphatic rings. The molecule has 1 heterocycles. The average Bonchev–Trinajstić information content (AvgIpc) is 3.80. The molecule has 13 rings (SSSR count). The normalized spacial score (nSPS) is 11.7. The molecule has 0 saturated carbocycles. The summed E-state index contributed by atoms with van der Waals surface area (Å²) in [4.78, 5) is 2.47. The van der Waals surface area contributed by atoms with Gasteiger partial charge in [-0.25, -0.2) is 0 Å². The molecule has 0 aliphatic carbocycles. The zero-order valence-corrected chi connectivity index (χ0v) is 40.1. The van der Waals surface area contributed by atoms with Gasteiger partial charge in [-0.05, 0) is 114 Å². The van der Waals surface area contributed by atoms with E-state index in [1.54, 1.807) is 0 Å². The lowest BCUT2D eigenvalue weighted by Gasteiger charge is -2.35. The van der Waals surface area contributed by atoms with E-state index in [9.17, 15) is 0 Å². The third-order valence-corrected chi connectivity index (χ3v) is 19.3. The van der Waals surface area contributed by atoms with E-state index >= 15 is 0 Å². The van der Waals surface area contributed by atoms with E-state index < -0.39 is 8.07 Å². The highest BCUT2D eigenvalue weighted by atomic mass is 28.3. The Morgan fingerprint density at radius 3 is 1.48 bits per heavy atom. The molecule has 13 aromatic rings. The van der Waals surface area contributed by atoms with Crippen LogP contribution in [0.1, 0.15) is 0 Å². The maximum atomic E-state index is 2.48. The highest BCUT2D eigenvalue weighted by Gasteiger charge is 2.41. The minimum atomic E-state index is -2.84. The van der Waals surface area contributed by atoms with Crippen LogP contribution < -0.4 is 25.6 Å². The number of hydrogen-bond acceptors (Lipinski definition) is 1. The maximum absolute atomic E-state index is 2.84. The van der Waals surface area contributed by atoms with Gasteiger partial charge in [-0.3, -0.25) is 0 Å². The third-order valence-electron chi connectivity index (χ3n) is 14.5. The van der Waals surface area contributed by atoms with E-state index in [4.69, 9.17) is 0 Å². The molecular weight excluding hydrogens is 873 g/mol. The number of para-hydroxylation sites is 1. The molecular formula is C68H48N2Si. The van der Waals surface area contributed by atoms with E-state index in [1.807, 2.05) is 0 Å². The van der Waals surface area contributed by atoms with Crippen molar-refractivity contribution in [2.45, 2.75) is 0 Å². The summed E-state index contributed by atoms with van der Waals surface area (Å²) in [5.74, 6) is 0. The van der Waals surface area contributed by atoms with Gasteiger partial charge in [0, 0.05) is 33.2 Å². The fourth-order valence-corrected chi connectivity index (χ4v) is 16.1. The molecule has 0 bridgehead atoms. The second-order valence-corrected chi connectivity index (χ2v) is 22.2. The Morgan fingerprint density at radius 2 is 0.817 bits per heavy atom. The van der Waals surface area contributed by atoms with E-state index in [-0.39, 0.29) is 0 Å². The molecule has 0 amide bonds. The number of aromatic nitrogens is 1. The molecule has 0 radical (unpaired) electrons. The number of benzene rings is 12. The standard InChI is InChI=1S/C68H48N2Si/c1-5-20-49(21-6-1)50-36-41-53(42-37-50)69(55-23-19-30-59(48-55)71(56-24-7-2-8-25-56,57-26-9-3-10-27-57)58-28-11-4-12-29-58)66-47-45-60(62-32-15-16-33-63(62)66)52-38-43-54(44-39-52)70-65-35-18-17-34-64(65)68-61-31-14-13-22-51(61)40-46-67(68)70/h1-48H. The van der Waals surface area contributed by atoms with Crippen molar-refractivity contribution >= 4 is 89.2 Å². The first-order chi connectivity index (χ1) is 35.2. The number of anilines is 3. The SMILES string of the molecule is c1ccc(-c2ccc(N(c3cccc([Si](c4ccccc4)(c4ccccc4)c4ccccc4)c3)c3ccc(-c4ccc(-n5c6ccccc6c6c7ccccc7ccc65)cc4)c4ccccc34)cc2)cc1. The summed E-state index contributed by atoms with van der Waals surface area (Å²) in [5, 5.41) is 12.8. The topological polar surface area (TPSA) is 8.17 Å². The van der Waals surface area contributed by atoms with Crippen LogP contribution in [0.3, 0.4) is 0 Å². The Balaban J connectivity index is 0.976. The fraction of sp³-hybridized carbons (Fsp3) is 0. The van der Waals surface area contributed by atoms with E-state index in [2.05, 4.69) is 301 Å². The number of nitrogens with zero attached hydrogens (tertiary/aromatic N) is 2. The summed E-state index contributed by atoms with van der Waals surface area (Å²) in [6, 6.07) is 108. The molecule has 0 N–H and O–H groups in total. The molecule has 0 unspecified atom stereocenters. The quantitative estimate of drug-likeness (QED) is 0.0980. The first kappa shape index (κ1) is 42.1. The second-order valence-electron chi connectivity index (χ2n) is 18.4. The van der Waals surface area contributed by atoms with Crippen molar-refractivity contribution < 1.29 is 0 Å². The van der Waals surface area contributed by atoms with Gasteiger partial charge in [0.05, 0.1) is 16.7 Å². The van der Waals surface area contributed by atoms with Crippen LogP contribution in [-0.2, 0) is 0 Å². The van der Waals surface area contributed by atoms with Crippen LogP contribution >= 0.6 is 0 Å². The average molecular weight is 921 g/mol. The smallest absolute Gasteiger partial charge is 0.179 e. The lowest BCUT2D eigenvalue weighted by Crippen LogP contribution is -2.74. The van der Waals surface area contributed by atoms with Crippen LogP contribution in [0.4, 0.5) is 17.1 Å². The monoisotopic (exact) mass is 920 g/mol. The minimum Gasteiger partial charge on any atom is -0.310 e. The summed E-state index contributed by atoms with van der Waals surface area (Å²) < 4.78 is 2.42. The molecule has 0 fully saturated rings. The van der Waals surface area contributed by atoms with Crippen molar-refractivity contribution in [1.29, 1.82) is 0 Å². The van der Waals surface area contributed by atoms with Gasteiger partial charge in [0.2, 0.25) is 0 Å². The number of hydrogen-bond donors (Lipinski definition) is 0. The maximum Gasteiger partial charge on any atom is 0.179 e. The fourth-order valence-electron chi connectivity index (χ4n) is 11.3. The first-order valence-corrected chi connectivity index (χ1v) is 26.5. The molecule has 3 heteroatoms. The summed E-state index contributed by atoms with van der Waals surface area (Å²) >= 11 is 0. The largest absolute Gasteiger partial charge is 0.310 e. The highest BCUT2D eigenvalue weighted by Crippen LogP contribution is 2.43. The van der Waals surface area contributed by atoms with Crippen LogP contribution in [-0.4, -0.2) is 12.6 Å². The summed E-state index contributed by atoms with van der Waals surface area (Å²) in [5.41, 5.74) is 11.6. The highest BCUT2D eigenvalue weighted by molar-refractivity contribution is 7.19. The van der Waals surface area contributed by atoms with E-state index in [0.717, 1.165) is 22.7 Å². The molecule has 0 atom stereocenters.